The van der Waals surface area contributed by atoms with E-state index < -0.39 is 5.91 Å². The van der Waals surface area contributed by atoms with Gasteiger partial charge in [-0.25, -0.2) is 4.98 Å². The molecule has 0 fully saturated rings. The Morgan fingerprint density at radius 2 is 1.69 bits per heavy atom. The third kappa shape index (κ3) is 4.82. The highest BCUT2D eigenvalue weighted by Gasteiger charge is 2.14. The molecule has 138 valence electrons. The second kappa shape index (κ2) is 9.21. The SMILES string of the molecule is COc1cc(CCC(=O)NNC(=O)c2cnccn2)cc(OC)c1OC. The molecule has 0 saturated heterocycles. The van der Waals surface area contributed by atoms with E-state index in [1.54, 1.807) is 12.1 Å². The standard InChI is InChI=1S/C17H20N4O5/c1-24-13-8-11(9-14(25-2)16(13)26-3)4-5-15(22)20-21-17(23)12-10-18-6-7-19-12/h6-10H,4-5H2,1-3H3,(H,20,22)(H,21,23). The first-order chi connectivity index (χ1) is 12.6. The van der Waals surface area contributed by atoms with E-state index in [9.17, 15) is 9.59 Å². The van der Waals surface area contributed by atoms with Crippen molar-refractivity contribution in [1.29, 1.82) is 0 Å². The molecule has 26 heavy (non-hydrogen) atoms. The first kappa shape index (κ1) is 19.0. The summed E-state index contributed by atoms with van der Waals surface area (Å²) in [5.41, 5.74) is 5.56. The molecule has 0 bridgehead atoms. The molecule has 2 aromatic rings. The fraction of sp³-hybridized carbons (Fsp3) is 0.294. The number of carbonyl (C=O) groups is 2. The smallest absolute Gasteiger partial charge is 0.289 e. The molecule has 1 heterocycles. The van der Waals surface area contributed by atoms with Crippen LogP contribution in [0, 0.1) is 0 Å². The number of hydrogen-bond donors (Lipinski definition) is 2. The summed E-state index contributed by atoms with van der Waals surface area (Å²) in [5.74, 6) is 0.617. The Kier molecular flexibility index (Phi) is 6.72. The minimum absolute atomic E-state index is 0.109. The van der Waals surface area contributed by atoms with E-state index in [-0.39, 0.29) is 18.0 Å². The van der Waals surface area contributed by atoms with Crippen LogP contribution in [0.3, 0.4) is 0 Å². The summed E-state index contributed by atoms with van der Waals surface area (Å²) in [6.45, 7) is 0. The lowest BCUT2D eigenvalue weighted by Crippen LogP contribution is -2.42. The lowest BCUT2D eigenvalue weighted by atomic mass is 10.1. The first-order valence-corrected chi connectivity index (χ1v) is 7.73. The van der Waals surface area contributed by atoms with Crippen molar-refractivity contribution in [3.63, 3.8) is 0 Å². The first-order valence-electron chi connectivity index (χ1n) is 7.73. The van der Waals surface area contributed by atoms with Crippen LogP contribution in [0.15, 0.2) is 30.7 Å². The molecule has 0 atom stereocenters. The topological polar surface area (TPSA) is 112 Å². The van der Waals surface area contributed by atoms with Crippen LogP contribution < -0.4 is 25.1 Å². The van der Waals surface area contributed by atoms with Crippen LogP contribution in [0.1, 0.15) is 22.5 Å². The fourth-order valence-corrected chi connectivity index (χ4v) is 2.21. The maximum atomic E-state index is 11.9. The van der Waals surface area contributed by atoms with E-state index in [0.717, 1.165) is 5.56 Å². The number of methoxy groups -OCH3 is 3. The number of ether oxygens (including phenoxy) is 3. The Morgan fingerprint density at radius 1 is 1.00 bits per heavy atom. The van der Waals surface area contributed by atoms with Gasteiger partial charge in [-0.3, -0.25) is 25.4 Å². The molecule has 9 heteroatoms. The van der Waals surface area contributed by atoms with Gasteiger partial charge >= 0.3 is 0 Å². The zero-order chi connectivity index (χ0) is 18.9. The summed E-state index contributed by atoms with van der Waals surface area (Å²) in [5, 5.41) is 0. The summed E-state index contributed by atoms with van der Waals surface area (Å²) in [6, 6.07) is 3.54. The molecular formula is C17H20N4O5. The maximum Gasteiger partial charge on any atom is 0.289 e. The highest BCUT2D eigenvalue weighted by molar-refractivity contribution is 5.93. The van der Waals surface area contributed by atoms with Crippen molar-refractivity contribution in [3.8, 4) is 17.2 Å². The minimum atomic E-state index is -0.542. The highest BCUT2D eigenvalue weighted by Crippen LogP contribution is 2.38. The Bertz CT molecular complexity index is 742. The van der Waals surface area contributed by atoms with Crippen LogP contribution in [0.5, 0.6) is 17.2 Å². The summed E-state index contributed by atoms with van der Waals surface area (Å²) in [6.07, 6.45) is 4.72. The summed E-state index contributed by atoms with van der Waals surface area (Å²) in [4.78, 5) is 31.3. The molecule has 1 aromatic carbocycles. The van der Waals surface area contributed by atoms with Gasteiger partial charge in [-0.1, -0.05) is 0 Å². The predicted molar refractivity (Wildman–Crippen MR) is 92.1 cm³/mol. The number of aryl methyl sites for hydroxylation is 1. The molecule has 2 amide bonds. The Balaban J connectivity index is 1.92. The van der Waals surface area contributed by atoms with Crippen molar-refractivity contribution in [3.05, 3.63) is 42.0 Å². The normalized spacial score (nSPS) is 9.96. The van der Waals surface area contributed by atoms with E-state index in [4.69, 9.17) is 14.2 Å². The average molecular weight is 360 g/mol. The number of aromatic nitrogens is 2. The van der Waals surface area contributed by atoms with E-state index in [0.29, 0.717) is 23.7 Å². The maximum absolute atomic E-state index is 11.9. The summed E-state index contributed by atoms with van der Waals surface area (Å²) < 4.78 is 15.8. The van der Waals surface area contributed by atoms with Gasteiger partial charge in [0.05, 0.1) is 27.5 Å². The van der Waals surface area contributed by atoms with Crippen LogP contribution >= 0.6 is 0 Å². The molecule has 0 aliphatic heterocycles. The highest BCUT2D eigenvalue weighted by atomic mass is 16.5. The van der Waals surface area contributed by atoms with E-state index in [1.807, 2.05) is 0 Å². The molecule has 0 saturated carbocycles. The van der Waals surface area contributed by atoms with E-state index in [1.165, 1.54) is 39.9 Å². The zero-order valence-electron chi connectivity index (χ0n) is 14.7. The molecular weight excluding hydrogens is 340 g/mol. The molecule has 0 spiro atoms. The van der Waals surface area contributed by atoms with Gasteiger partial charge in [0.25, 0.3) is 5.91 Å². The number of benzene rings is 1. The number of amides is 2. The van der Waals surface area contributed by atoms with Crippen molar-refractivity contribution in [2.24, 2.45) is 0 Å². The molecule has 1 aromatic heterocycles. The lowest BCUT2D eigenvalue weighted by molar-refractivity contribution is -0.121. The van der Waals surface area contributed by atoms with E-state index in [2.05, 4.69) is 20.8 Å². The Labute approximate surface area is 150 Å². The van der Waals surface area contributed by atoms with Crippen molar-refractivity contribution in [2.75, 3.05) is 21.3 Å². The van der Waals surface area contributed by atoms with Crippen molar-refractivity contribution >= 4 is 11.8 Å². The number of hydrogen-bond acceptors (Lipinski definition) is 7. The number of rotatable bonds is 7. The van der Waals surface area contributed by atoms with Crippen LogP contribution in [-0.2, 0) is 11.2 Å². The number of hydrazine groups is 1. The Hall–Kier alpha value is -3.36. The van der Waals surface area contributed by atoms with Gasteiger partial charge in [0, 0.05) is 18.8 Å². The number of nitrogens with one attached hydrogen (secondary N) is 2. The molecule has 0 radical (unpaired) electrons. The minimum Gasteiger partial charge on any atom is -0.493 e. The fourth-order valence-electron chi connectivity index (χ4n) is 2.21. The second-order valence-corrected chi connectivity index (χ2v) is 5.13. The second-order valence-electron chi connectivity index (χ2n) is 5.13. The summed E-state index contributed by atoms with van der Waals surface area (Å²) in [7, 11) is 4.57. The van der Waals surface area contributed by atoms with Crippen LogP contribution in [0.25, 0.3) is 0 Å². The molecule has 0 unspecified atom stereocenters. The van der Waals surface area contributed by atoms with Gasteiger partial charge < -0.3 is 14.2 Å². The van der Waals surface area contributed by atoms with Crippen molar-refractivity contribution < 1.29 is 23.8 Å². The van der Waals surface area contributed by atoms with Gasteiger partial charge in [-0.2, -0.15) is 0 Å². The third-order valence-electron chi connectivity index (χ3n) is 3.48. The third-order valence-corrected chi connectivity index (χ3v) is 3.48. The lowest BCUT2D eigenvalue weighted by Gasteiger charge is -2.14. The van der Waals surface area contributed by atoms with Crippen molar-refractivity contribution in [2.45, 2.75) is 12.8 Å². The monoisotopic (exact) mass is 360 g/mol. The molecule has 0 aliphatic carbocycles. The van der Waals surface area contributed by atoms with Crippen LogP contribution in [0.2, 0.25) is 0 Å². The zero-order valence-corrected chi connectivity index (χ0v) is 14.7. The van der Waals surface area contributed by atoms with Crippen molar-refractivity contribution in [1.82, 2.24) is 20.8 Å². The number of nitrogens with zero attached hydrogens (tertiary/aromatic N) is 2. The van der Waals surface area contributed by atoms with Crippen LogP contribution in [-0.4, -0.2) is 43.1 Å². The van der Waals surface area contributed by atoms with Gasteiger partial charge in [-0.05, 0) is 24.1 Å². The van der Waals surface area contributed by atoms with E-state index >= 15 is 0 Å². The predicted octanol–water partition coefficient (Wildman–Crippen LogP) is 0.896. The molecule has 9 nitrogen and oxygen atoms in total. The van der Waals surface area contributed by atoms with Gasteiger partial charge in [0.1, 0.15) is 5.69 Å². The van der Waals surface area contributed by atoms with Gasteiger partial charge in [-0.15, -0.1) is 0 Å². The molecule has 2 rings (SSSR count). The van der Waals surface area contributed by atoms with Gasteiger partial charge in [0.15, 0.2) is 11.5 Å². The number of carbonyl (C=O) groups excluding carboxylic acids is 2. The molecule has 0 aliphatic rings. The molecule has 2 N–H and O–H groups in total. The Morgan fingerprint density at radius 3 is 2.23 bits per heavy atom. The largest absolute Gasteiger partial charge is 0.493 e. The summed E-state index contributed by atoms with van der Waals surface area (Å²) >= 11 is 0. The quantitative estimate of drug-likeness (QED) is 0.706. The van der Waals surface area contributed by atoms with Crippen LogP contribution in [0.4, 0.5) is 0 Å². The average Bonchev–Trinajstić information content (AvgIpc) is 2.69. The van der Waals surface area contributed by atoms with Gasteiger partial charge in [0.2, 0.25) is 11.7 Å².